The molecule has 3 aromatic rings. The Morgan fingerprint density at radius 3 is 1.83 bits per heavy atom. The molecular formula is C28H26N2O6. The molecule has 0 aromatic heterocycles. The average Bonchev–Trinajstić information content (AvgIpc) is 2.88. The molecular weight excluding hydrogens is 460 g/mol. The first-order valence-corrected chi connectivity index (χ1v) is 11.6. The Kier molecular flexibility index (Phi) is 7.15. The smallest absolute Gasteiger partial charge is 0.338 e. The summed E-state index contributed by atoms with van der Waals surface area (Å²) in [6.45, 7) is 3.97. The minimum atomic E-state index is -1.29. The molecule has 184 valence electrons. The first kappa shape index (κ1) is 24.7. The van der Waals surface area contributed by atoms with Crippen molar-refractivity contribution in [2.24, 2.45) is 0 Å². The summed E-state index contributed by atoms with van der Waals surface area (Å²) in [7, 11) is 0. The van der Waals surface area contributed by atoms with Crippen molar-refractivity contribution in [1.82, 2.24) is 0 Å². The third-order valence-corrected chi connectivity index (χ3v) is 5.96. The van der Waals surface area contributed by atoms with Gasteiger partial charge in [-0.2, -0.15) is 0 Å². The lowest BCUT2D eigenvalue weighted by molar-refractivity contribution is -0.137. The number of hydrogen-bond acceptors (Lipinski definition) is 6. The van der Waals surface area contributed by atoms with E-state index in [0.29, 0.717) is 28.1 Å². The number of amides is 2. The molecule has 1 unspecified atom stereocenters. The van der Waals surface area contributed by atoms with Crippen LogP contribution in [0.2, 0.25) is 0 Å². The summed E-state index contributed by atoms with van der Waals surface area (Å²) in [6, 6.07) is 21.8. The number of rotatable bonds is 8. The number of anilines is 2. The predicted molar refractivity (Wildman–Crippen MR) is 134 cm³/mol. The monoisotopic (exact) mass is 486 g/mol. The van der Waals surface area contributed by atoms with E-state index >= 15 is 0 Å². The van der Waals surface area contributed by atoms with Crippen LogP contribution in [-0.2, 0) is 24.6 Å². The maximum atomic E-state index is 13.8. The Morgan fingerprint density at radius 1 is 0.806 bits per heavy atom. The highest BCUT2D eigenvalue weighted by molar-refractivity contribution is 6.17. The van der Waals surface area contributed by atoms with Gasteiger partial charge in [-0.1, -0.05) is 30.3 Å². The lowest BCUT2D eigenvalue weighted by atomic mass is 9.76. The van der Waals surface area contributed by atoms with E-state index in [2.05, 4.69) is 5.32 Å². The van der Waals surface area contributed by atoms with Crippen molar-refractivity contribution in [3.8, 4) is 0 Å². The molecule has 0 spiro atoms. The number of esters is 2. The Bertz CT molecular complexity index is 1270. The van der Waals surface area contributed by atoms with Gasteiger partial charge in [0.15, 0.2) is 5.54 Å². The fourth-order valence-electron chi connectivity index (χ4n) is 4.22. The van der Waals surface area contributed by atoms with Gasteiger partial charge in [-0.3, -0.25) is 14.5 Å². The minimum absolute atomic E-state index is 0.0244. The van der Waals surface area contributed by atoms with Crippen molar-refractivity contribution in [1.29, 1.82) is 0 Å². The summed E-state index contributed by atoms with van der Waals surface area (Å²) in [5.74, 6) is -1.53. The molecule has 1 aliphatic heterocycles. The molecule has 1 aliphatic rings. The van der Waals surface area contributed by atoms with E-state index in [-0.39, 0.29) is 25.5 Å². The van der Waals surface area contributed by atoms with Gasteiger partial charge in [-0.25, -0.2) is 9.59 Å². The number of ether oxygens (including phenoxy) is 2. The molecule has 3 aromatic carbocycles. The fourth-order valence-corrected chi connectivity index (χ4v) is 4.22. The molecule has 1 N–H and O–H groups in total. The summed E-state index contributed by atoms with van der Waals surface area (Å²) >= 11 is 0. The van der Waals surface area contributed by atoms with E-state index in [0.717, 1.165) is 0 Å². The summed E-state index contributed by atoms with van der Waals surface area (Å²) in [5, 5.41) is 2.89. The second-order valence-corrected chi connectivity index (χ2v) is 8.15. The van der Waals surface area contributed by atoms with Crippen LogP contribution in [0.5, 0.6) is 0 Å². The van der Waals surface area contributed by atoms with Crippen molar-refractivity contribution >= 4 is 35.1 Å². The number of hydrogen-bond donors (Lipinski definition) is 1. The molecule has 0 saturated carbocycles. The Labute approximate surface area is 208 Å². The number of β-lactam (4-membered cyclic amide) rings is 1. The normalized spacial score (nSPS) is 16.6. The van der Waals surface area contributed by atoms with Gasteiger partial charge >= 0.3 is 11.9 Å². The SMILES string of the molecule is CCOC(=O)c1ccc(NC(=O)C2(c3ccccc3)CC(=O)N2c2ccc(C(=O)OCC)cc2)cc1. The van der Waals surface area contributed by atoms with Crippen LogP contribution in [0, 0.1) is 0 Å². The number of carbonyl (C=O) groups excluding carboxylic acids is 4. The standard InChI is InChI=1S/C28H26N2O6/c1-3-35-25(32)19-10-14-22(15-11-19)29-27(34)28(21-8-6-5-7-9-21)18-24(31)30(28)23-16-12-20(13-17-23)26(33)36-4-2/h5-17H,3-4,18H2,1-2H3,(H,29,34). The molecule has 0 radical (unpaired) electrons. The zero-order valence-corrected chi connectivity index (χ0v) is 20.0. The number of carbonyl (C=O) groups is 4. The number of nitrogens with zero attached hydrogens (tertiary/aromatic N) is 1. The van der Waals surface area contributed by atoms with Crippen LogP contribution in [0.25, 0.3) is 0 Å². The molecule has 1 fully saturated rings. The molecule has 1 heterocycles. The summed E-state index contributed by atoms with van der Waals surface area (Å²) in [4.78, 5) is 52.1. The van der Waals surface area contributed by atoms with E-state index in [1.54, 1.807) is 74.5 Å². The Balaban J connectivity index is 1.65. The molecule has 0 bridgehead atoms. The molecule has 4 rings (SSSR count). The predicted octanol–water partition coefficient (Wildman–Crippen LogP) is 4.31. The van der Waals surface area contributed by atoms with Gasteiger partial charge < -0.3 is 14.8 Å². The van der Waals surface area contributed by atoms with Gasteiger partial charge in [0.25, 0.3) is 5.91 Å². The molecule has 1 saturated heterocycles. The van der Waals surface area contributed by atoms with Crippen LogP contribution >= 0.6 is 0 Å². The second-order valence-electron chi connectivity index (χ2n) is 8.15. The van der Waals surface area contributed by atoms with Crippen LogP contribution < -0.4 is 10.2 Å². The van der Waals surface area contributed by atoms with Crippen LogP contribution in [-0.4, -0.2) is 37.0 Å². The highest BCUT2D eigenvalue weighted by Crippen LogP contribution is 2.45. The van der Waals surface area contributed by atoms with E-state index < -0.39 is 23.4 Å². The number of benzene rings is 3. The van der Waals surface area contributed by atoms with E-state index in [1.165, 1.54) is 4.90 Å². The van der Waals surface area contributed by atoms with Gasteiger partial charge in [0.1, 0.15) is 0 Å². The fraction of sp³-hybridized carbons (Fsp3) is 0.214. The second kappa shape index (κ2) is 10.4. The van der Waals surface area contributed by atoms with Crippen LogP contribution in [0.4, 0.5) is 11.4 Å². The first-order chi connectivity index (χ1) is 17.4. The Morgan fingerprint density at radius 2 is 1.33 bits per heavy atom. The zero-order chi connectivity index (χ0) is 25.7. The molecule has 8 nitrogen and oxygen atoms in total. The third kappa shape index (κ3) is 4.57. The third-order valence-electron chi connectivity index (χ3n) is 5.96. The maximum Gasteiger partial charge on any atom is 0.338 e. The van der Waals surface area contributed by atoms with Crippen LogP contribution in [0.1, 0.15) is 46.5 Å². The van der Waals surface area contributed by atoms with Gasteiger partial charge in [0, 0.05) is 11.4 Å². The lowest BCUT2D eigenvalue weighted by Crippen LogP contribution is -2.67. The number of nitrogens with one attached hydrogen (secondary N) is 1. The van der Waals surface area contributed by atoms with Crippen molar-refractivity contribution in [3.05, 3.63) is 95.6 Å². The van der Waals surface area contributed by atoms with Crippen LogP contribution in [0.3, 0.4) is 0 Å². The Hall–Kier alpha value is -4.46. The molecule has 0 aliphatic carbocycles. The zero-order valence-electron chi connectivity index (χ0n) is 20.0. The van der Waals surface area contributed by atoms with Crippen molar-refractivity contribution in [2.45, 2.75) is 25.8 Å². The maximum absolute atomic E-state index is 13.8. The van der Waals surface area contributed by atoms with Crippen molar-refractivity contribution < 1.29 is 28.7 Å². The van der Waals surface area contributed by atoms with Crippen molar-refractivity contribution in [3.63, 3.8) is 0 Å². The molecule has 1 atom stereocenters. The highest BCUT2D eigenvalue weighted by Gasteiger charge is 2.58. The topological polar surface area (TPSA) is 102 Å². The van der Waals surface area contributed by atoms with Gasteiger partial charge in [0.2, 0.25) is 5.91 Å². The quantitative estimate of drug-likeness (QED) is 0.376. The molecule has 36 heavy (non-hydrogen) atoms. The van der Waals surface area contributed by atoms with E-state index in [4.69, 9.17) is 9.47 Å². The van der Waals surface area contributed by atoms with Crippen LogP contribution in [0.15, 0.2) is 78.9 Å². The van der Waals surface area contributed by atoms with Crippen molar-refractivity contribution in [2.75, 3.05) is 23.4 Å². The molecule has 8 heteroatoms. The minimum Gasteiger partial charge on any atom is -0.462 e. The summed E-state index contributed by atoms with van der Waals surface area (Å²) in [5.41, 5.74) is 1.04. The van der Waals surface area contributed by atoms with Gasteiger partial charge in [-0.15, -0.1) is 0 Å². The van der Waals surface area contributed by atoms with E-state index in [9.17, 15) is 19.2 Å². The van der Waals surface area contributed by atoms with E-state index in [1.807, 2.05) is 18.2 Å². The summed E-state index contributed by atoms with van der Waals surface area (Å²) < 4.78 is 10.0. The first-order valence-electron chi connectivity index (χ1n) is 11.6. The summed E-state index contributed by atoms with van der Waals surface area (Å²) in [6.07, 6.45) is -0.0244. The largest absolute Gasteiger partial charge is 0.462 e. The highest BCUT2D eigenvalue weighted by atomic mass is 16.5. The lowest BCUT2D eigenvalue weighted by Gasteiger charge is -2.50. The molecule has 2 amide bonds. The van der Waals surface area contributed by atoms with Gasteiger partial charge in [0.05, 0.1) is 30.8 Å². The average molecular weight is 487 g/mol. The van der Waals surface area contributed by atoms with Gasteiger partial charge in [-0.05, 0) is 67.9 Å².